The lowest BCUT2D eigenvalue weighted by atomic mass is 10.3. The van der Waals surface area contributed by atoms with Crippen LogP contribution in [0.5, 0.6) is 0 Å². The number of carbonyl (C=O) groups excluding carboxylic acids is 2. The average molecular weight is 131 g/mol. The summed E-state index contributed by atoms with van der Waals surface area (Å²) in [6, 6.07) is 0. The van der Waals surface area contributed by atoms with E-state index in [0.717, 1.165) is 0 Å². The fourth-order valence-electron chi connectivity index (χ4n) is 0.357. The molecule has 4 heteroatoms. The Morgan fingerprint density at radius 2 is 2.44 bits per heavy atom. The minimum absolute atomic E-state index is 0.465. The third kappa shape index (κ3) is 3.52. The van der Waals surface area contributed by atoms with Gasteiger partial charge in [0.15, 0.2) is 12.4 Å². The smallest absolute Gasteiger partial charge is 0.405 e. The van der Waals surface area contributed by atoms with E-state index in [0.29, 0.717) is 12.7 Å². The molecule has 0 aliphatic carbocycles. The van der Waals surface area contributed by atoms with Crippen LogP contribution in [0.2, 0.25) is 0 Å². The summed E-state index contributed by atoms with van der Waals surface area (Å²) in [5.74, 6) is 0. The van der Waals surface area contributed by atoms with Crippen molar-refractivity contribution in [3.05, 3.63) is 0 Å². The summed E-state index contributed by atoms with van der Waals surface area (Å²) < 4.78 is 4.32. The van der Waals surface area contributed by atoms with Crippen LogP contribution in [0.1, 0.15) is 13.3 Å². The molecular formula is C5H9NO3. The van der Waals surface area contributed by atoms with Gasteiger partial charge in [0, 0.05) is 0 Å². The molecule has 0 aliphatic rings. The molecule has 0 radical (unpaired) electrons. The predicted molar refractivity (Wildman–Crippen MR) is 30.8 cm³/mol. The maximum Gasteiger partial charge on any atom is 0.405 e. The molecule has 0 saturated heterocycles. The van der Waals surface area contributed by atoms with Crippen LogP contribution in [0, 0.1) is 0 Å². The number of aldehydes is 1. The largest absolute Gasteiger partial charge is 0.439 e. The third-order valence-corrected chi connectivity index (χ3v) is 0.822. The van der Waals surface area contributed by atoms with Gasteiger partial charge in [0.05, 0.1) is 0 Å². The van der Waals surface area contributed by atoms with Crippen molar-refractivity contribution in [2.24, 2.45) is 5.73 Å². The van der Waals surface area contributed by atoms with Gasteiger partial charge in [0.25, 0.3) is 0 Å². The number of hydrogen-bond donors (Lipinski definition) is 1. The predicted octanol–water partition coefficient (Wildman–Crippen LogP) is 0.0592. The summed E-state index contributed by atoms with van der Waals surface area (Å²) in [4.78, 5) is 19.9. The second-order valence-electron chi connectivity index (χ2n) is 1.52. The Hall–Kier alpha value is -1.06. The number of rotatable bonds is 3. The molecule has 0 aromatic rings. The van der Waals surface area contributed by atoms with Crippen molar-refractivity contribution in [3.63, 3.8) is 0 Å². The summed E-state index contributed by atoms with van der Waals surface area (Å²) >= 11 is 0. The van der Waals surface area contributed by atoms with Gasteiger partial charge in [-0.2, -0.15) is 0 Å². The Morgan fingerprint density at radius 3 is 2.56 bits per heavy atom. The van der Waals surface area contributed by atoms with E-state index in [9.17, 15) is 9.59 Å². The highest BCUT2D eigenvalue weighted by Gasteiger charge is 2.06. The third-order valence-electron chi connectivity index (χ3n) is 0.822. The topological polar surface area (TPSA) is 69.4 Å². The normalized spacial score (nSPS) is 12.1. The SMILES string of the molecule is CC[C@@H](C=O)OC(N)=O. The van der Waals surface area contributed by atoms with Gasteiger partial charge in [-0.3, -0.25) is 4.79 Å². The maximum atomic E-state index is 9.97. The van der Waals surface area contributed by atoms with Gasteiger partial charge in [0.2, 0.25) is 0 Å². The Morgan fingerprint density at radius 1 is 1.89 bits per heavy atom. The monoisotopic (exact) mass is 131 g/mol. The molecule has 0 spiro atoms. The van der Waals surface area contributed by atoms with Crippen molar-refractivity contribution in [3.8, 4) is 0 Å². The summed E-state index contributed by atoms with van der Waals surface area (Å²) in [5.41, 5.74) is 4.62. The van der Waals surface area contributed by atoms with E-state index in [1.165, 1.54) is 0 Å². The molecule has 0 unspecified atom stereocenters. The lowest BCUT2D eigenvalue weighted by Gasteiger charge is -2.04. The van der Waals surface area contributed by atoms with Crippen LogP contribution in [0.3, 0.4) is 0 Å². The Balaban J connectivity index is 3.55. The fourth-order valence-corrected chi connectivity index (χ4v) is 0.357. The molecule has 52 valence electrons. The van der Waals surface area contributed by atoms with Gasteiger partial charge in [-0.15, -0.1) is 0 Å². The van der Waals surface area contributed by atoms with E-state index >= 15 is 0 Å². The van der Waals surface area contributed by atoms with Crippen molar-refractivity contribution in [2.45, 2.75) is 19.4 Å². The number of carbonyl (C=O) groups is 2. The van der Waals surface area contributed by atoms with Crippen LogP contribution >= 0.6 is 0 Å². The van der Waals surface area contributed by atoms with E-state index in [2.05, 4.69) is 10.5 Å². The van der Waals surface area contributed by atoms with Gasteiger partial charge in [-0.05, 0) is 6.42 Å². The lowest BCUT2D eigenvalue weighted by molar-refractivity contribution is -0.115. The van der Waals surface area contributed by atoms with Crippen LogP contribution < -0.4 is 5.73 Å². The number of nitrogens with two attached hydrogens (primary N) is 1. The van der Waals surface area contributed by atoms with Crippen LogP contribution in [0.4, 0.5) is 4.79 Å². The van der Waals surface area contributed by atoms with Gasteiger partial charge in [0.1, 0.15) is 0 Å². The highest BCUT2D eigenvalue weighted by molar-refractivity contribution is 5.68. The van der Waals surface area contributed by atoms with E-state index in [1.807, 2.05) is 0 Å². The number of amides is 1. The standard InChI is InChI=1S/C5H9NO3/c1-2-4(3-7)9-5(6)8/h3-4H,2H2,1H3,(H2,6,8)/t4-/m0/s1. The molecule has 0 saturated carbocycles. The first-order valence-electron chi connectivity index (χ1n) is 2.62. The highest BCUT2D eigenvalue weighted by atomic mass is 16.6. The van der Waals surface area contributed by atoms with Gasteiger partial charge < -0.3 is 10.5 Å². The van der Waals surface area contributed by atoms with Crippen LogP contribution in [0.15, 0.2) is 0 Å². The molecule has 0 aromatic heterocycles. The lowest BCUT2D eigenvalue weighted by Crippen LogP contribution is -2.22. The van der Waals surface area contributed by atoms with Gasteiger partial charge >= 0.3 is 6.09 Å². The Labute approximate surface area is 53.0 Å². The zero-order valence-corrected chi connectivity index (χ0v) is 5.16. The fraction of sp³-hybridized carbons (Fsp3) is 0.600. The minimum atomic E-state index is -0.908. The molecule has 0 aliphatic heterocycles. The number of hydrogen-bond acceptors (Lipinski definition) is 3. The number of ether oxygens (including phenoxy) is 1. The summed E-state index contributed by atoms with van der Waals surface area (Å²) in [6.07, 6.45) is -0.576. The second-order valence-corrected chi connectivity index (χ2v) is 1.52. The summed E-state index contributed by atoms with van der Waals surface area (Å²) in [7, 11) is 0. The molecule has 1 atom stereocenters. The highest BCUT2D eigenvalue weighted by Crippen LogP contribution is 1.91. The molecule has 0 bridgehead atoms. The quantitative estimate of drug-likeness (QED) is 0.550. The Kier molecular flexibility index (Phi) is 3.43. The molecule has 0 heterocycles. The van der Waals surface area contributed by atoms with Crippen molar-refractivity contribution in [1.29, 1.82) is 0 Å². The molecule has 0 aromatic carbocycles. The van der Waals surface area contributed by atoms with E-state index in [-0.39, 0.29) is 0 Å². The zero-order valence-electron chi connectivity index (χ0n) is 5.16. The van der Waals surface area contributed by atoms with E-state index in [1.54, 1.807) is 6.92 Å². The first-order valence-corrected chi connectivity index (χ1v) is 2.62. The summed E-state index contributed by atoms with van der Waals surface area (Å²) in [5, 5.41) is 0. The molecule has 1 amide bonds. The van der Waals surface area contributed by atoms with Crippen molar-refractivity contribution < 1.29 is 14.3 Å². The minimum Gasteiger partial charge on any atom is -0.439 e. The van der Waals surface area contributed by atoms with Gasteiger partial charge in [-0.1, -0.05) is 6.92 Å². The maximum absolute atomic E-state index is 9.97. The molecule has 0 rings (SSSR count). The molecule has 2 N–H and O–H groups in total. The van der Waals surface area contributed by atoms with Gasteiger partial charge in [-0.25, -0.2) is 4.79 Å². The molecule has 4 nitrogen and oxygen atoms in total. The van der Waals surface area contributed by atoms with Crippen molar-refractivity contribution in [2.75, 3.05) is 0 Å². The van der Waals surface area contributed by atoms with Crippen LogP contribution in [-0.2, 0) is 9.53 Å². The second kappa shape index (κ2) is 3.88. The van der Waals surface area contributed by atoms with Crippen molar-refractivity contribution >= 4 is 12.4 Å². The molecular weight excluding hydrogens is 122 g/mol. The Bertz CT molecular complexity index is 113. The van der Waals surface area contributed by atoms with Crippen LogP contribution in [0.25, 0.3) is 0 Å². The van der Waals surface area contributed by atoms with E-state index in [4.69, 9.17) is 0 Å². The van der Waals surface area contributed by atoms with E-state index < -0.39 is 12.2 Å². The first kappa shape index (κ1) is 7.94. The zero-order chi connectivity index (χ0) is 7.28. The first-order chi connectivity index (χ1) is 4.20. The molecule has 9 heavy (non-hydrogen) atoms. The summed E-state index contributed by atoms with van der Waals surface area (Å²) in [6.45, 7) is 1.72. The van der Waals surface area contributed by atoms with Crippen LogP contribution in [-0.4, -0.2) is 18.5 Å². The average Bonchev–Trinajstić information content (AvgIpc) is 1.82. The number of primary amides is 1. The van der Waals surface area contributed by atoms with Crippen molar-refractivity contribution in [1.82, 2.24) is 0 Å². The molecule has 0 fully saturated rings.